The Hall–Kier alpha value is -2.11. The van der Waals surface area contributed by atoms with E-state index in [4.69, 9.17) is 5.73 Å². The third kappa shape index (κ3) is 2.34. The number of carbonyl (C=O) groups is 1. The summed E-state index contributed by atoms with van der Waals surface area (Å²) in [7, 11) is 0. The Labute approximate surface area is 120 Å². The minimum Gasteiger partial charge on any atom is -0.364 e. The molecule has 6 heteroatoms. The molecule has 1 saturated carbocycles. The third-order valence-corrected chi connectivity index (χ3v) is 4.05. The number of aromatic nitrogens is 2. The van der Waals surface area contributed by atoms with Gasteiger partial charge in [0.05, 0.1) is 5.69 Å². The lowest BCUT2D eigenvalue weighted by atomic mass is 9.80. The number of alkyl halides is 2. The van der Waals surface area contributed by atoms with Gasteiger partial charge < -0.3 is 5.73 Å². The number of hydrogen-bond acceptors (Lipinski definition) is 3. The highest BCUT2D eigenvalue weighted by atomic mass is 19.3. The monoisotopic (exact) mass is 291 g/mol. The second-order valence-electron chi connectivity index (χ2n) is 5.41. The Morgan fingerprint density at radius 3 is 2.71 bits per heavy atom. The highest BCUT2D eigenvalue weighted by Crippen LogP contribution is 2.47. The van der Waals surface area contributed by atoms with E-state index in [1.807, 2.05) is 0 Å². The van der Waals surface area contributed by atoms with Gasteiger partial charge in [-0.3, -0.25) is 4.79 Å². The minimum atomic E-state index is -2.76. The molecule has 1 fully saturated rings. The first-order valence-electron chi connectivity index (χ1n) is 6.93. The zero-order valence-electron chi connectivity index (χ0n) is 11.4. The number of halogens is 2. The standard InChI is InChI=1S/C15H15F2N3O/c16-15(17)8-4-3-7-11(15)9-5-1-2-6-10-12(9)19-20-13(10)14(18)21/h1-2,5-6,11H,3-4,7-8H2,(H2,18,21). The van der Waals surface area contributed by atoms with Gasteiger partial charge in [0.2, 0.25) is 0 Å². The fourth-order valence-electron chi connectivity index (χ4n) is 3.02. The number of rotatable bonds is 2. The zero-order chi connectivity index (χ0) is 15.0. The molecule has 2 aliphatic carbocycles. The summed E-state index contributed by atoms with van der Waals surface area (Å²) in [5.74, 6) is -4.35. The van der Waals surface area contributed by atoms with E-state index < -0.39 is 17.7 Å². The van der Waals surface area contributed by atoms with Crippen molar-refractivity contribution in [1.29, 1.82) is 0 Å². The molecule has 21 heavy (non-hydrogen) atoms. The molecule has 3 aliphatic rings. The van der Waals surface area contributed by atoms with Crippen molar-refractivity contribution < 1.29 is 13.6 Å². The number of carbonyl (C=O) groups excluding carboxylic acids is 1. The van der Waals surface area contributed by atoms with Crippen molar-refractivity contribution in [3.05, 3.63) is 35.5 Å². The molecule has 1 unspecified atom stereocenters. The first-order chi connectivity index (χ1) is 10.0. The first-order valence-corrected chi connectivity index (χ1v) is 6.93. The molecule has 3 rings (SSSR count). The number of hydrogen-bond donors (Lipinski definition) is 1. The van der Waals surface area contributed by atoms with Crippen LogP contribution in [0.25, 0.3) is 11.3 Å². The molecule has 0 spiro atoms. The van der Waals surface area contributed by atoms with E-state index >= 15 is 0 Å². The average molecular weight is 291 g/mol. The van der Waals surface area contributed by atoms with Gasteiger partial charge in [-0.2, -0.15) is 0 Å². The molecule has 1 amide bonds. The quantitative estimate of drug-likeness (QED) is 0.924. The van der Waals surface area contributed by atoms with Crippen LogP contribution < -0.4 is 5.73 Å². The summed E-state index contributed by atoms with van der Waals surface area (Å²) in [5, 5.41) is 7.69. The van der Waals surface area contributed by atoms with Gasteiger partial charge in [-0.25, -0.2) is 8.78 Å². The van der Waals surface area contributed by atoms with E-state index in [-0.39, 0.29) is 12.1 Å². The summed E-state index contributed by atoms with van der Waals surface area (Å²) in [6, 6.07) is 6.65. The van der Waals surface area contributed by atoms with Crippen LogP contribution in [0.1, 0.15) is 47.7 Å². The molecule has 0 bridgehead atoms. The summed E-state index contributed by atoms with van der Waals surface area (Å²) in [5.41, 5.74) is 6.51. The van der Waals surface area contributed by atoms with Gasteiger partial charge in [0, 0.05) is 17.9 Å². The summed E-state index contributed by atoms with van der Waals surface area (Å²) in [4.78, 5) is 11.4. The van der Waals surface area contributed by atoms with E-state index in [0.717, 1.165) is 6.42 Å². The van der Waals surface area contributed by atoms with E-state index in [9.17, 15) is 13.6 Å². The van der Waals surface area contributed by atoms with Crippen LogP contribution in [-0.2, 0) is 0 Å². The van der Waals surface area contributed by atoms with Crippen molar-refractivity contribution in [3.63, 3.8) is 0 Å². The van der Waals surface area contributed by atoms with Crippen LogP contribution in [0.3, 0.4) is 0 Å². The lowest BCUT2D eigenvalue weighted by molar-refractivity contribution is -0.0546. The second kappa shape index (κ2) is 5.02. The van der Waals surface area contributed by atoms with Crippen molar-refractivity contribution in [2.24, 2.45) is 5.73 Å². The molecule has 1 aliphatic heterocycles. The van der Waals surface area contributed by atoms with Gasteiger partial charge in [0.15, 0.2) is 5.69 Å². The summed E-state index contributed by atoms with van der Waals surface area (Å²) in [6.45, 7) is 0. The summed E-state index contributed by atoms with van der Waals surface area (Å²) < 4.78 is 28.5. The Balaban J connectivity index is 2.13. The number of nitrogens with two attached hydrogens (primary N) is 1. The number of fused-ring (bicyclic) bond motifs is 1. The fourth-order valence-corrected chi connectivity index (χ4v) is 3.02. The van der Waals surface area contributed by atoms with Gasteiger partial charge in [-0.05, 0) is 18.4 Å². The third-order valence-electron chi connectivity index (χ3n) is 4.05. The second-order valence-corrected chi connectivity index (χ2v) is 5.41. The largest absolute Gasteiger partial charge is 0.364 e. The Kier molecular flexibility index (Phi) is 3.31. The molecule has 1 atom stereocenters. The van der Waals surface area contributed by atoms with E-state index in [0.29, 0.717) is 29.7 Å². The van der Waals surface area contributed by atoms with Crippen LogP contribution >= 0.6 is 0 Å². The van der Waals surface area contributed by atoms with Crippen molar-refractivity contribution >= 4 is 5.91 Å². The maximum atomic E-state index is 14.2. The van der Waals surface area contributed by atoms with Crippen LogP contribution in [0.4, 0.5) is 8.78 Å². The number of primary amides is 1. The molecule has 0 aromatic heterocycles. The van der Waals surface area contributed by atoms with Crippen molar-refractivity contribution in [3.8, 4) is 11.3 Å². The Morgan fingerprint density at radius 2 is 2.00 bits per heavy atom. The summed E-state index contributed by atoms with van der Waals surface area (Å²) in [6.07, 6.45) is 1.58. The van der Waals surface area contributed by atoms with E-state index in [2.05, 4.69) is 10.2 Å². The van der Waals surface area contributed by atoms with Gasteiger partial charge in [-0.1, -0.05) is 30.7 Å². The van der Waals surface area contributed by atoms with Gasteiger partial charge >= 0.3 is 0 Å². The van der Waals surface area contributed by atoms with Crippen LogP contribution in [0.2, 0.25) is 0 Å². The normalized spacial score (nSPS) is 21.3. The number of nitrogens with zero attached hydrogens (tertiary/aromatic N) is 2. The fraction of sp³-hybridized carbons (Fsp3) is 0.400. The SMILES string of the molecule is NC(=O)c1nnc2c(C3CCCCC3(F)F)ccccc1-2. The van der Waals surface area contributed by atoms with Crippen molar-refractivity contribution in [2.75, 3.05) is 0 Å². The van der Waals surface area contributed by atoms with Crippen molar-refractivity contribution in [2.45, 2.75) is 37.5 Å². The van der Waals surface area contributed by atoms with Crippen LogP contribution in [0, 0.1) is 0 Å². The van der Waals surface area contributed by atoms with E-state index in [1.165, 1.54) is 0 Å². The predicted octanol–water partition coefficient (Wildman–Crippen LogP) is 2.97. The minimum absolute atomic E-state index is 0.0292. The highest BCUT2D eigenvalue weighted by Gasteiger charge is 2.43. The molecular weight excluding hydrogens is 276 g/mol. The topological polar surface area (TPSA) is 68.9 Å². The lowest BCUT2D eigenvalue weighted by Gasteiger charge is -2.31. The molecule has 0 saturated heterocycles. The molecule has 4 nitrogen and oxygen atoms in total. The Bertz CT molecular complexity index is 659. The number of amides is 1. The zero-order valence-corrected chi connectivity index (χ0v) is 11.4. The smallest absolute Gasteiger partial charge is 0.269 e. The van der Waals surface area contributed by atoms with Crippen LogP contribution in [-0.4, -0.2) is 22.0 Å². The molecule has 0 aromatic carbocycles. The van der Waals surface area contributed by atoms with Gasteiger partial charge in [0.1, 0.15) is 0 Å². The molecule has 1 heterocycles. The highest BCUT2D eigenvalue weighted by molar-refractivity contribution is 5.98. The van der Waals surface area contributed by atoms with Crippen molar-refractivity contribution in [1.82, 2.24) is 10.2 Å². The van der Waals surface area contributed by atoms with Gasteiger partial charge in [-0.15, -0.1) is 10.2 Å². The average Bonchev–Trinajstić information content (AvgIpc) is 2.73. The van der Waals surface area contributed by atoms with E-state index in [1.54, 1.807) is 24.3 Å². The maximum absolute atomic E-state index is 14.2. The van der Waals surface area contributed by atoms with Gasteiger partial charge in [0.25, 0.3) is 11.8 Å². The molecule has 110 valence electrons. The Morgan fingerprint density at radius 1 is 1.24 bits per heavy atom. The first kappa shape index (κ1) is 13.9. The molecular formula is C15H15F2N3O. The molecule has 2 N–H and O–H groups in total. The van der Waals surface area contributed by atoms with Crippen LogP contribution in [0.15, 0.2) is 24.3 Å². The maximum Gasteiger partial charge on any atom is 0.269 e. The lowest BCUT2D eigenvalue weighted by Crippen LogP contribution is -2.30. The molecule has 0 radical (unpaired) electrons. The summed E-state index contributed by atoms with van der Waals surface area (Å²) >= 11 is 0. The molecule has 0 aromatic rings. The predicted molar refractivity (Wildman–Crippen MR) is 73.3 cm³/mol. The van der Waals surface area contributed by atoms with Crippen LogP contribution in [0.5, 0.6) is 0 Å².